The Morgan fingerprint density at radius 1 is 0.933 bits per heavy atom. The van der Waals surface area contributed by atoms with Gasteiger partial charge in [0.25, 0.3) is 0 Å². The molecule has 7 heteroatoms. The van der Waals surface area contributed by atoms with Crippen LogP contribution in [0.3, 0.4) is 0 Å². The molecule has 0 atom stereocenters. The molecule has 1 saturated carbocycles. The van der Waals surface area contributed by atoms with Gasteiger partial charge >= 0.3 is 21.1 Å². The van der Waals surface area contributed by atoms with Crippen molar-refractivity contribution in [3.63, 3.8) is 0 Å². The van der Waals surface area contributed by atoms with Crippen LogP contribution in [0.15, 0.2) is 0 Å². The maximum atomic E-state index is 6.23. The zero-order valence-corrected chi connectivity index (χ0v) is 13.3. The second kappa shape index (κ2) is 5.61. The first-order valence-electron chi connectivity index (χ1n) is 4.49. The Kier molecular flexibility index (Phi) is 6.27. The van der Waals surface area contributed by atoms with E-state index < -0.39 is 14.1 Å². The first kappa shape index (κ1) is 16.8. The Bertz CT molecular complexity index is 219. The third kappa shape index (κ3) is 2.62. The summed E-state index contributed by atoms with van der Waals surface area (Å²) in [6.45, 7) is 0.579. The molecule has 0 aromatic carbocycles. The zero-order chi connectivity index (χ0) is 11.0. The average Bonchev–Trinajstić information content (AvgIpc) is 2.10. The summed E-state index contributed by atoms with van der Waals surface area (Å²) in [5.41, 5.74) is 10.8. The molecular weight excluding hydrogens is 461 g/mol. The van der Waals surface area contributed by atoms with Gasteiger partial charge in [0.05, 0.1) is 0 Å². The van der Waals surface area contributed by atoms with Crippen LogP contribution in [0.1, 0.15) is 19.3 Å². The predicted molar refractivity (Wildman–Crippen MR) is 63.3 cm³/mol. The summed E-state index contributed by atoms with van der Waals surface area (Å²) in [6.07, 6.45) is 2.15. The minimum atomic E-state index is -1.29. The fourth-order valence-corrected chi connectivity index (χ4v) is 3.25. The number of halogens is 4. The van der Waals surface area contributed by atoms with Crippen LogP contribution in [0.5, 0.6) is 0 Å². The Balaban J connectivity index is 0.00000196. The van der Waals surface area contributed by atoms with Gasteiger partial charge in [0.1, 0.15) is 0 Å². The molecule has 2 nitrogen and oxygen atoms in total. The van der Waals surface area contributed by atoms with E-state index in [0.717, 1.165) is 12.8 Å². The van der Waals surface area contributed by atoms with Gasteiger partial charge in [-0.3, -0.25) is 0 Å². The van der Waals surface area contributed by atoms with Gasteiger partial charge in [0.15, 0.2) is 8.67 Å². The van der Waals surface area contributed by atoms with E-state index in [-0.39, 0.29) is 34.2 Å². The SMILES string of the molecule is NCC1(CN)CCCC(Cl)(Cl)C1(Cl)Cl.[Pt+4]. The molecule has 1 rings (SSSR count). The minimum absolute atomic E-state index is 0. The van der Waals surface area contributed by atoms with E-state index in [1.165, 1.54) is 0 Å². The van der Waals surface area contributed by atoms with Crippen LogP contribution in [0.2, 0.25) is 0 Å². The van der Waals surface area contributed by atoms with E-state index in [9.17, 15) is 0 Å². The van der Waals surface area contributed by atoms with E-state index in [0.29, 0.717) is 6.42 Å². The van der Waals surface area contributed by atoms with Crippen molar-refractivity contribution in [1.82, 2.24) is 0 Å². The van der Waals surface area contributed by atoms with Crippen molar-refractivity contribution >= 4 is 46.4 Å². The summed E-state index contributed by atoms with van der Waals surface area (Å²) >= 11 is 24.6. The molecule has 1 aliphatic carbocycles. The molecule has 1 fully saturated rings. The van der Waals surface area contributed by atoms with Crippen LogP contribution in [-0.2, 0) is 21.1 Å². The first-order valence-corrected chi connectivity index (χ1v) is 6.00. The summed E-state index contributed by atoms with van der Waals surface area (Å²) in [5, 5.41) is 0. The van der Waals surface area contributed by atoms with E-state index in [1.807, 2.05) is 0 Å². The molecule has 0 aliphatic heterocycles. The Morgan fingerprint density at radius 3 is 1.73 bits per heavy atom. The van der Waals surface area contributed by atoms with E-state index in [4.69, 9.17) is 57.9 Å². The van der Waals surface area contributed by atoms with Gasteiger partial charge in [-0.15, -0.1) is 0 Å². The quantitative estimate of drug-likeness (QED) is 0.604. The molecule has 0 heterocycles. The minimum Gasteiger partial charge on any atom is -0.330 e. The van der Waals surface area contributed by atoms with Crippen molar-refractivity contribution < 1.29 is 21.1 Å². The monoisotopic (exact) mass is 473 g/mol. The number of hydrogen-bond acceptors (Lipinski definition) is 2. The smallest absolute Gasteiger partial charge is 0.330 e. The van der Waals surface area contributed by atoms with E-state index in [1.54, 1.807) is 0 Å². The molecule has 0 aromatic heterocycles. The van der Waals surface area contributed by atoms with Gasteiger partial charge in [0, 0.05) is 18.5 Å². The van der Waals surface area contributed by atoms with Crippen LogP contribution in [-0.4, -0.2) is 21.8 Å². The molecule has 0 radical (unpaired) electrons. The van der Waals surface area contributed by atoms with Crippen molar-refractivity contribution in [3.8, 4) is 0 Å². The van der Waals surface area contributed by atoms with E-state index in [2.05, 4.69) is 0 Å². The topological polar surface area (TPSA) is 52.0 Å². The molecule has 0 unspecified atom stereocenters. The second-order valence-corrected chi connectivity index (χ2v) is 6.63. The molecule has 0 saturated heterocycles. The van der Waals surface area contributed by atoms with Gasteiger partial charge in [-0.2, -0.15) is 0 Å². The van der Waals surface area contributed by atoms with Crippen molar-refractivity contribution in [1.29, 1.82) is 0 Å². The standard InChI is InChI=1S/C8H14Cl4N2.Pt/c9-7(10)3-1-2-6(4-13,5-14)8(7,11)12;/h1-5,13-14H2;/q;+4. The summed E-state index contributed by atoms with van der Waals surface area (Å²) in [7, 11) is 0. The van der Waals surface area contributed by atoms with Crippen LogP contribution < -0.4 is 11.5 Å². The van der Waals surface area contributed by atoms with E-state index >= 15 is 0 Å². The Hall–Kier alpha value is 1.77. The molecule has 0 spiro atoms. The average molecular weight is 475 g/mol. The van der Waals surface area contributed by atoms with Gasteiger partial charge in [0.2, 0.25) is 0 Å². The molecule has 0 aromatic rings. The van der Waals surface area contributed by atoms with Crippen molar-refractivity contribution in [2.45, 2.75) is 27.9 Å². The maximum Gasteiger partial charge on any atom is 4.00 e. The van der Waals surface area contributed by atoms with Crippen molar-refractivity contribution in [2.24, 2.45) is 16.9 Å². The maximum absolute atomic E-state index is 6.23. The number of nitrogens with two attached hydrogens (primary N) is 2. The van der Waals surface area contributed by atoms with Crippen LogP contribution in [0, 0.1) is 5.41 Å². The third-order valence-corrected chi connectivity index (χ3v) is 5.83. The molecule has 15 heavy (non-hydrogen) atoms. The van der Waals surface area contributed by atoms with Gasteiger partial charge in [-0.1, -0.05) is 46.4 Å². The molecular formula is C8H14Cl4N2Pt+4. The van der Waals surface area contributed by atoms with Crippen LogP contribution in [0.25, 0.3) is 0 Å². The fraction of sp³-hybridized carbons (Fsp3) is 1.00. The Labute approximate surface area is 125 Å². The zero-order valence-electron chi connectivity index (χ0n) is 8.02. The third-order valence-electron chi connectivity index (χ3n) is 3.05. The van der Waals surface area contributed by atoms with Crippen molar-refractivity contribution in [3.05, 3.63) is 0 Å². The Morgan fingerprint density at radius 2 is 1.40 bits per heavy atom. The summed E-state index contributed by atoms with van der Waals surface area (Å²) in [6, 6.07) is 0. The molecule has 0 bridgehead atoms. The summed E-state index contributed by atoms with van der Waals surface area (Å²) < 4.78 is -2.46. The van der Waals surface area contributed by atoms with Crippen LogP contribution in [0.4, 0.5) is 0 Å². The largest absolute Gasteiger partial charge is 4.00 e. The fourth-order valence-electron chi connectivity index (χ4n) is 1.89. The molecule has 90 valence electrons. The number of hydrogen-bond donors (Lipinski definition) is 2. The summed E-state index contributed by atoms with van der Waals surface area (Å²) in [5.74, 6) is 0. The normalized spacial score (nSPS) is 26.8. The molecule has 1 aliphatic rings. The first-order chi connectivity index (χ1) is 6.33. The van der Waals surface area contributed by atoms with Crippen molar-refractivity contribution in [2.75, 3.05) is 13.1 Å². The van der Waals surface area contributed by atoms with Crippen LogP contribution >= 0.6 is 46.4 Å². The summed E-state index contributed by atoms with van der Waals surface area (Å²) in [4.78, 5) is 0. The predicted octanol–water partition coefficient (Wildman–Crippen LogP) is 2.42. The van der Waals surface area contributed by atoms with Gasteiger partial charge in [-0.05, 0) is 19.3 Å². The second-order valence-electron chi connectivity index (χ2n) is 3.82. The molecule has 4 N–H and O–H groups in total. The van der Waals surface area contributed by atoms with Gasteiger partial charge < -0.3 is 11.5 Å². The van der Waals surface area contributed by atoms with Gasteiger partial charge in [-0.25, -0.2) is 0 Å². The number of rotatable bonds is 2. The number of alkyl halides is 4. The molecule has 0 amide bonds.